The molecule has 166 valence electrons. The molecular weight excluding hydrogens is 342 g/mol. The van der Waals surface area contributed by atoms with Gasteiger partial charge >= 0.3 is 0 Å². The fourth-order valence-corrected chi connectivity index (χ4v) is 5.09. The standard InChI is InChI=1S/C25H51N3/c1-2-3-4-7-13-19-25(24-18-14-9-6-11-16-21-27-24)28-22-23-17-12-8-5-10-15-20-26-23/h23-28H,2-22H2,1H3. The van der Waals surface area contributed by atoms with Crippen molar-refractivity contribution < 1.29 is 0 Å². The lowest BCUT2D eigenvalue weighted by Gasteiger charge is -2.31. The molecule has 0 radical (unpaired) electrons. The van der Waals surface area contributed by atoms with Gasteiger partial charge in [0.2, 0.25) is 0 Å². The van der Waals surface area contributed by atoms with Gasteiger partial charge in [0.25, 0.3) is 0 Å². The third-order valence-electron chi connectivity index (χ3n) is 6.99. The van der Waals surface area contributed by atoms with E-state index in [1.165, 1.54) is 129 Å². The molecule has 0 aromatic carbocycles. The lowest BCUT2D eigenvalue weighted by atomic mass is 9.95. The van der Waals surface area contributed by atoms with E-state index in [1.54, 1.807) is 0 Å². The first kappa shape index (κ1) is 24.2. The van der Waals surface area contributed by atoms with Gasteiger partial charge in [0.15, 0.2) is 0 Å². The minimum absolute atomic E-state index is 0.661. The van der Waals surface area contributed by atoms with Gasteiger partial charge in [-0.1, -0.05) is 90.4 Å². The predicted molar refractivity (Wildman–Crippen MR) is 124 cm³/mol. The van der Waals surface area contributed by atoms with Crippen molar-refractivity contribution >= 4 is 0 Å². The summed E-state index contributed by atoms with van der Waals surface area (Å²) in [6, 6.07) is 2.02. The summed E-state index contributed by atoms with van der Waals surface area (Å²) in [5.41, 5.74) is 0. The molecule has 0 amide bonds. The SMILES string of the molecule is CCCCCCCC(NCC1CCCCCCCN1)C1CCCCCCCN1. The lowest BCUT2D eigenvalue weighted by Crippen LogP contribution is -2.51. The second-order valence-electron chi connectivity index (χ2n) is 9.54. The van der Waals surface area contributed by atoms with Crippen LogP contribution in [0.1, 0.15) is 122 Å². The summed E-state index contributed by atoms with van der Waals surface area (Å²) >= 11 is 0. The Kier molecular flexibility index (Phi) is 14.4. The highest BCUT2D eigenvalue weighted by Crippen LogP contribution is 2.17. The summed E-state index contributed by atoms with van der Waals surface area (Å²) < 4.78 is 0. The zero-order valence-electron chi connectivity index (χ0n) is 19.1. The summed E-state index contributed by atoms with van der Waals surface area (Å²) in [6.07, 6.45) is 25.2. The van der Waals surface area contributed by atoms with Crippen molar-refractivity contribution in [1.82, 2.24) is 16.0 Å². The van der Waals surface area contributed by atoms with Crippen LogP contribution >= 0.6 is 0 Å². The fraction of sp³-hybridized carbons (Fsp3) is 1.00. The van der Waals surface area contributed by atoms with E-state index >= 15 is 0 Å². The van der Waals surface area contributed by atoms with E-state index in [4.69, 9.17) is 0 Å². The van der Waals surface area contributed by atoms with Crippen LogP contribution in [0.2, 0.25) is 0 Å². The molecule has 2 aliphatic heterocycles. The molecule has 2 saturated heterocycles. The summed E-state index contributed by atoms with van der Waals surface area (Å²) in [4.78, 5) is 0. The Hall–Kier alpha value is -0.120. The zero-order valence-corrected chi connectivity index (χ0v) is 19.1. The molecule has 0 aliphatic carbocycles. The molecule has 2 rings (SSSR count). The van der Waals surface area contributed by atoms with Gasteiger partial charge in [-0.15, -0.1) is 0 Å². The molecule has 3 heteroatoms. The van der Waals surface area contributed by atoms with E-state index in [1.807, 2.05) is 0 Å². The number of hydrogen-bond acceptors (Lipinski definition) is 3. The molecule has 0 aromatic heterocycles. The van der Waals surface area contributed by atoms with Crippen LogP contribution in [0.4, 0.5) is 0 Å². The van der Waals surface area contributed by atoms with Crippen LogP contribution in [0.25, 0.3) is 0 Å². The van der Waals surface area contributed by atoms with Crippen LogP contribution in [-0.2, 0) is 0 Å². The van der Waals surface area contributed by atoms with Crippen molar-refractivity contribution in [2.24, 2.45) is 0 Å². The van der Waals surface area contributed by atoms with E-state index in [0.717, 1.165) is 6.54 Å². The molecule has 0 aromatic rings. The largest absolute Gasteiger partial charge is 0.313 e. The Morgan fingerprint density at radius 3 is 2.14 bits per heavy atom. The van der Waals surface area contributed by atoms with Crippen molar-refractivity contribution in [3.63, 3.8) is 0 Å². The highest BCUT2D eigenvalue weighted by Gasteiger charge is 2.22. The first-order valence-corrected chi connectivity index (χ1v) is 13.1. The van der Waals surface area contributed by atoms with Crippen LogP contribution in [0, 0.1) is 0 Å². The maximum absolute atomic E-state index is 4.06. The smallest absolute Gasteiger partial charge is 0.0221 e. The molecule has 2 aliphatic rings. The zero-order chi connectivity index (χ0) is 19.7. The van der Waals surface area contributed by atoms with Gasteiger partial charge in [0.05, 0.1) is 0 Å². The molecule has 2 fully saturated rings. The minimum atomic E-state index is 0.661. The first-order chi connectivity index (χ1) is 13.9. The number of unbranched alkanes of at least 4 members (excludes halogenated alkanes) is 4. The molecule has 3 unspecified atom stereocenters. The van der Waals surface area contributed by atoms with E-state index in [0.29, 0.717) is 18.1 Å². The third kappa shape index (κ3) is 11.2. The molecule has 0 saturated carbocycles. The van der Waals surface area contributed by atoms with Gasteiger partial charge in [0, 0.05) is 24.7 Å². The Labute approximate surface area is 176 Å². The van der Waals surface area contributed by atoms with E-state index < -0.39 is 0 Å². The average Bonchev–Trinajstić information content (AvgIpc) is 2.93. The average molecular weight is 394 g/mol. The number of hydrogen-bond donors (Lipinski definition) is 3. The molecule has 3 nitrogen and oxygen atoms in total. The van der Waals surface area contributed by atoms with Crippen molar-refractivity contribution in [2.45, 2.75) is 141 Å². The molecular formula is C25H51N3. The van der Waals surface area contributed by atoms with E-state index in [-0.39, 0.29) is 0 Å². The monoisotopic (exact) mass is 393 g/mol. The highest BCUT2D eigenvalue weighted by molar-refractivity contribution is 4.85. The molecule has 0 spiro atoms. The Morgan fingerprint density at radius 1 is 0.714 bits per heavy atom. The van der Waals surface area contributed by atoms with Crippen molar-refractivity contribution in [3.8, 4) is 0 Å². The summed E-state index contributed by atoms with van der Waals surface area (Å²) in [5, 5.41) is 11.9. The minimum Gasteiger partial charge on any atom is -0.313 e. The van der Waals surface area contributed by atoms with E-state index in [9.17, 15) is 0 Å². The quantitative estimate of drug-likeness (QED) is 0.403. The maximum atomic E-state index is 4.06. The first-order valence-electron chi connectivity index (χ1n) is 13.1. The number of nitrogens with one attached hydrogen (secondary N) is 3. The molecule has 0 bridgehead atoms. The normalized spacial score (nSPS) is 26.9. The second kappa shape index (κ2) is 16.7. The second-order valence-corrected chi connectivity index (χ2v) is 9.54. The van der Waals surface area contributed by atoms with Crippen LogP contribution in [0.3, 0.4) is 0 Å². The molecule has 28 heavy (non-hydrogen) atoms. The Morgan fingerprint density at radius 2 is 1.36 bits per heavy atom. The number of rotatable bonds is 10. The lowest BCUT2D eigenvalue weighted by molar-refractivity contribution is 0.307. The van der Waals surface area contributed by atoms with Gasteiger partial charge in [0.1, 0.15) is 0 Å². The Bertz CT molecular complexity index is 327. The summed E-state index contributed by atoms with van der Waals surface area (Å²) in [5.74, 6) is 0. The van der Waals surface area contributed by atoms with Crippen LogP contribution < -0.4 is 16.0 Å². The van der Waals surface area contributed by atoms with Gasteiger partial charge in [-0.05, 0) is 45.2 Å². The van der Waals surface area contributed by atoms with Crippen molar-refractivity contribution in [2.75, 3.05) is 19.6 Å². The van der Waals surface area contributed by atoms with Crippen LogP contribution in [-0.4, -0.2) is 37.8 Å². The molecule has 3 atom stereocenters. The molecule has 2 heterocycles. The third-order valence-corrected chi connectivity index (χ3v) is 6.99. The summed E-state index contributed by atoms with van der Waals surface area (Å²) in [7, 11) is 0. The highest BCUT2D eigenvalue weighted by atomic mass is 15.0. The fourth-order valence-electron chi connectivity index (χ4n) is 5.09. The van der Waals surface area contributed by atoms with E-state index in [2.05, 4.69) is 22.9 Å². The topological polar surface area (TPSA) is 36.1 Å². The van der Waals surface area contributed by atoms with Crippen molar-refractivity contribution in [3.05, 3.63) is 0 Å². The predicted octanol–water partition coefficient (Wildman–Crippen LogP) is 5.93. The van der Waals surface area contributed by atoms with Crippen LogP contribution in [0.5, 0.6) is 0 Å². The van der Waals surface area contributed by atoms with Gasteiger partial charge in [-0.25, -0.2) is 0 Å². The molecule has 3 N–H and O–H groups in total. The Balaban J connectivity index is 1.83. The van der Waals surface area contributed by atoms with Gasteiger partial charge in [-0.2, -0.15) is 0 Å². The van der Waals surface area contributed by atoms with Crippen LogP contribution in [0.15, 0.2) is 0 Å². The van der Waals surface area contributed by atoms with Crippen molar-refractivity contribution in [1.29, 1.82) is 0 Å². The maximum Gasteiger partial charge on any atom is 0.0221 e. The summed E-state index contributed by atoms with van der Waals surface area (Å²) in [6.45, 7) is 5.92. The van der Waals surface area contributed by atoms with Gasteiger partial charge < -0.3 is 16.0 Å². The van der Waals surface area contributed by atoms with Gasteiger partial charge in [-0.3, -0.25) is 0 Å².